The molecule has 1 unspecified atom stereocenters. The molecule has 2 rings (SSSR count). The molecule has 0 heterocycles. The van der Waals surface area contributed by atoms with Crippen LogP contribution in [0.2, 0.25) is 11.6 Å². The lowest BCUT2D eigenvalue weighted by molar-refractivity contribution is 0.0945. The van der Waals surface area contributed by atoms with E-state index in [-0.39, 0.29) is 10.8 Å². The van der Waals surface area contributed by atoms with Gasteiger partial charge in [0.2, 0.25) is 8.32 Å². The van der Waals surface area contributed by atoms with E-state index in [1.807, 2.05) is 48.5 Å². The van der Waals surface area contributed by atoms with Crippen LogP contribution in [-0.4, -0.2) is 26.9 Å². The van der Waals surface area contributed by atoms with E-state index in [4.69, 9.17) is 9.16 Å². The fraction of sp³-hybridized carbons (Fsp3) is 0.409. The van der Waals surface area contributed by atoms with Gasteiger partial charge in [-0.1, -0.05) is 81.4 Å². The van der Waals surface area contributed by atoms with Crippen LogP contribution in [0.4, 0.5) is 0 Å². The van der Waals surface area contributed by atoms with Gasteiger partial charge in [-0.15, -0.1) is 0 Å². The van der Waals surface area contributed by atoms with E-state index in [0.717, 1.165) is 11.1 Å². The topological polar surface area (TPSA) is 35.5 Å². The molecular formula is C22H30O3Si. The molecule has 3 nitrogen and oxygen atoms in total. The van der Waals surface area contributed by atoms with Crippen molar-refractivity contribution in [2.24, 2.45) is 0 Å². The van der Waals surface area contributed by atoms with Crippen LogP contribution in [0.3, 0.4) is 0 Å². The zero-order valence-electron chi connectivity index (χ0n) is 16.3. The normalized spacial score (nSPS) is 14.0. The SMILES string of the molecule is CC(C)(C)[Si](C)(COCc1ccccc1)OCCC(=O)c1ccccc1. The average molecular weight is 371 g/mol. The Labute approximate surface area is 158 Å². The number of carbonyl (C=O) groups is 1. The number of hydrogen-bond acceptors (Lipinski definition) is 3. The van der Waals surface area contributed by atoms with Crippen molar-refractivity contribution >= 4 is 14.1 Å². The van der Waals surface area contributed by atoms with Crippen molar-refractivity contribution in [1.82, 2.24) is 0 Å². The Balaban J connectivity index is 1.88. The third kappa shape index (κ3) is 5.90. The van der Waals surface area contributed by atoms with Gasteiger partial charge >= 0.3 is 0 Å². The largest absolute Gasteiger partial charge is 0.414 e. The summed E-state index contributed by atoms with van der Waals surface area (Å²) >= 11 is 0. The molecule has 0 aromatic heterocycles. The van der Waals surface area contributed by atoms with Gasteiger partial charge in [0.15, 0.2) is 5.78 Å². The predicted molar refractivity (Wildman–Crippen MR) is 109 cm³/mol. The molecule has 0 fully saturated rings. The first kappa shape index (κ1) is 20.6. The van der Waals surface area contributed by atoms with Gasteiger partial charge in [0, 0.05) is 18.6 Å². The maximum atomic E-state index is 12.3. The van der Waals surface area contributed by atoms with Crippen LogP contribution in [0.25, 0.3) is 0 Å². The molecule has 0 saturated heterocycles. The summed E-state index contributed by atoms with van der Waals surface area (Å²) in [5.41, 5.74) is 1.91. The summed E-state index contributed by atoms with van der Waals surface area (Å²) < 4.78 is 12.3. The van der Waals surface area contributed by atoms with E-state index in [9.17, 15) is 4.79 Å². The standard InChI is InChI=1S/C22H30O3Si/c1-22(2,3)26(4,18-24-17-19-11-7-5-8-12-19)25-16-15-21(23)20-13-9-6-10-14-20/h5-14H,15-18H2,1-4H3. The summed E-state index contributed by atoms with van der Waals surface area (Å²) in [5, 5.41) is 0.0273. The van der Waals surface area contributed by atoms with Gasteiger partial charge in [0.1, 0.15) is 0 Å². The minimum atomic E-state index is -2.15. The molecule has 0 aliphatic carbocycles. The summed E-state index contributed by atoms with van der Waals surface area (Å²) in [4.78, 5) is 12.3. The van der Waals surface area contributed by atoms with Gasteiger partial charge in [-0.05, 0) is 17.1 Å². The van der Waals surface area contributed by atoms with Crippen molar-refractivity contribution in [3.8, 4) is 0 Å². The molecule has 4 heteroatoms. The van der Waals surface area contributed by atoms with Crippen molar-refractivity contribution in [2.45, 2.75) is 45.4 Å². The first-order valence-electron chi connectivity index (χ1n) is 9.16. The Bertz CT molecular complexity index is 680. The second kappa shape index (κ2) is 9.26. The van der Waals surface area contributed by atoms with Crippen molar-refractivity contribution in [2.75, 3.05) is 12.8 Å². The monoisotopic (exact) mass is 370 g/mol. The van der Waals surface area contributed by atoms with Crippen LogP contribution >= 0.6 is 0 Å². The van der Waals surface area contributed by atoms with E-state index in [1.165, 1.54) is 0 Å². The minimum Gasteiger partial charge on any atom is -0.414 e. The highest BCUT2D eigenvalue weighted by Crippen LogP contribution is 2.37. The predicted octanol–water partition coefficient (Wildman–Crippen LogP) is 5.41. The van der Waals surface area contributed by atoms with Crippen molar-refractivity contribution in [3.05, 3.63) is 71.8 Å². The Morgan fingerprint density at radius 1 is 0.962 bits per heavy atom. The molecular weight excluding hydrogens is 340 g/mol. The average Bonchev–Trinajstić information content (AvgIpc) is 2.62. The first-order chi connectivity index (χ1) is 12.3. The van der Waals surface area contributed by atoms with Crippen LogP contribution in [0, 0.1) is 0 Å². The highest BCUT2D eigenvalue weighted by Gasteiger charge is 2.42. The maximum absolute atomic E-state index is 12.3. The lowest BCUT2D eigenvalue weighted by atomic mass is 10.1. The quantitative estimate of drug-likeness (QED) is 0.437. The zero-order chi connectivity index (χ0) is 19.0. The maximum Gasteiger partial charge on any atom is 0.220 e. The summed E-state index contributed by atoms with van der Waals surface area (Å²) in [7, 11) is -2.15. The molecule has 0 aliphatic rings. The van der Waals surface area contributed by atoms with Gasteiger partial charge in [-0.2, -0.15) is 0 Å². The van der Waals surface area contributed by atoms with Crippen LogP contribution in [0.1, 0.15) is 43.1 Å². The Hall–Kier alpha value is -1.75. The van der Waals surface area contributed by atoms with Crippen LogP contribution in [-0.2, 0) is 15.8 Å². The van der Waals surface area contributed by atoms with Crippen LogP contribution in [0.5, 0.6) is 0 Å². The number of ketones is 1. The van der Waals surface area contributed by atoms with E-state index < -0.39 is 8.32 Å². The summed E-state index contributed by atoms with van der Waals surface area (Å²) in [5.74, 6) is 0.126. The third-order valence-corrected chi connectivity index (χ3v) is 9.69. The molecule has 0 bridgehead atoms. The summed E-state index contributed by atoms with van der Waals surface area (Å²) in [6, 6.07) is 19.6. The third-order valence-electron chi connectivity index (χ3n) is 4.92. The number of carbonyl (C=O) groups excluding carboxylic acids is 1. The molecule has 26 heavy (non-hydrogen) atoms. The molecule has 0 aliphatic heterocycles. The highest BCUT2D eigenvalue weighted by molar-refractivity contribution is 6.75. The number of ether oxygens (including phenoxy) is 1. The lowest BCUT2D eigenvalue weighted by Crippen LogP contribution is -2.49. The number of rotatable bonds is 9. The Morgan fingerprint density at radius 3 is 2.12 bits per heavy atom. The highest BCUT2D eigenvalue weighted by atomic mass is 28.4. The Morgan fingerprint density at radius 2 is 1.54 bits per heavy atom. The second-order valence-corrected chi connectivity index (χ2v) is 12.4. The van der Waals surface area contributed by atoms with E-state index >= 15 is 0 Å². The fourth-order valence-electron chi connectivity index (χ4n) is 2.55. The summed E-state index contributed by atoms with van der Waals surface area (Å²) in [6.45, 7) is 9.83. The summed E-state index contributed by atoms with van der Waals surface area (Å²) in [6.07, 6.45) is 1.02. The Kier molecular flexibility index (Phi) is 7.32. The van der Waals surface area contributed by atoms with E-state index in [2.05, 4.69) is 39.5 Å². The molecule has 0 spiro atoms. The molecule has 0 radical (unpaired) electrons. The minimum absolute atomic E-state index is 0.0273. The van der Waals surface area contributed by atoms with Crippen LogP contribution in [0.15, 0.2) is 60.7 Å². The molecule has 2 aromatic carbocycles. The molecule has 0 amide bonds. The van der Waals surface area contributed by atoms with Gasteiger partial charge in [-0.25, -0.2) is 0 Å². The van der Waals surface area contributed by atoms with Gasteiger partial charge < -0.3 is 9.16 Å². The molecule has 2 aromatic rings. The smallest absolute Gasteiger partial charge is 0.220 e. The lowest BCUT2D eigenvalue weighted by Gasteiger charge is -2.39. The van der Waals surface area contributed by atoms with Gasteiger partial charge in [0.25, 0.3) is 0 Å². The molecule has 0 saturated carbocycles. The van der Waals surface area contributed by atoms with E-state index in [0.29, 0.717) is 25.9 Å². The van der Waals surface area contributed by atoms with Crippen LogP contribution < -0.4 is 0 Å². The second-order valence-electron chi connectivity index (χ2n) is 7.85. The van der Waals surface area contributed by atoms with Crippen molar-refractivity contribution in [1.29, 1.82) is 0 Å². The van der Waals surface area contributed by atoms with E-state index in [1.54, 1.807) is 0 Å². The first-order valence-corrected chi connectivity index (χ1v) is 11.8. The molecule has 0 N–H and O–H groups in total. The molecule has 140 valence electrons. The number of hydrogen-bond donors (Lipinski definition) is 0. The number of Topliss-reactive ketones (excluding diaryl/α,β-unsaturated/α-hetero) is 1. The zero-order valence-corrected chi connectivity index (χ0v) is 17.3. The fourth-order valence-corrected chi connectivity index (χ4v) is 4.54. The van der Waals surface area contributed by atoms with Crippen molar-refractivity contribution in [3.63, 3.8) is 0 Å². The van der Waals surface area contributed by atoms with Gasteiger partial charge in [0.05, 0.1) is 12.8 Å². The molecule has 1 atom stereocenters. The number of benzene rings is 2. The van der Waals surface area contributed by atoms with Crippen molar-refractivity contribution < 1.29 is 14.0 Å². The van der Waals surface area contributed by atoms with Gasteiger partial charge in [-0.3, -0.25) is 4.79 Å².